The number of hydrogen-bond donors (Lipinski definition) is 2. The first-order valence-corrected chi connectivity index (χ1v) is 11.8. The molecule has 0 aliphatic carbocycles. The Morgan fingerprint density at radius 2 is 1.83 bits per heavy atom. The Bertz CT molecular complexity index is 1180. The molecule has 3 aromatic rings. The zero-order chi connectivity index (χ0) is 24.8. The third kappa shape index (κ3) is 5.92. The number of carbonyl (C=O) groups excluding carboxylic acids is 3. The lowest BCUT2D eigenvalue weighted by Crippen LogP contribution is -2.49. The summed E-state index contributed by atoms with van der Waals surface area (Å²) in [6.45, 7) is 5.70. The molecule has 1 atom stereocenters. The maximum absolute atomic E-state index is 13.2. The lowest BCUT2D eigenvalue weighted by molar-refractivity contribution is -0.124. The molecule has 1 aliphatic rings. The number of nitrogens with one attached hydrogen (secondary N) is 2. The van der Waals surface area contributed by atoms with Crippen LogP contribution < -0.4 is 10.6 Å². The molecule has 3 amide bonds. The summed E-state index contributed by atoms with van der Waals surface area (Å²) in [6.07, 6.45) is 4.08. The van der Waals surface area contributed by atoms with Gasteiger partial charge in [-0.25, -0.2) is 0 Å². The van der Waals surface area contributed by atoms with E-state index in [-0.39, 0.29) is 23.4 Å². The Morgan fingerprint density at radius 3 is 2.54 bits per heavy atom. The highest BCUT2D eigenvalue weighted by Gasteiger charge is 2.29. The predicted molar refractivity (Wildman–Crippen MR) is 130 cm³/mol. The van der Waals surface area contributed by atoms with Crippen molar-refractivity contribution >= 4 is 17.7 Å². The highest BCUT2D eigenvalue weighted by Crippen LogP contribution is 2.17. The third-order valence-electron chi connectivity index (χ3n) is 5.96. The van der Waals surface area contributed by atoms with E-state index in [9.17, 15) is 14.4 Å². The van der Waals surface area contributed by atoms with Gasteiger partial charge in [0.1, 0.15) is 11.7 Å². The number of amides is 3. The molecule has 2 N–H and O–H groups in total. The van der Waals surface area contributed by atoms with Gasteiger partial charge in [0.2, 0.25) is 5.91 Å². The van der Waals surface area contributed by atoms with Gasteiger partial charge in [-0.05, 0) is 29.5 Å². The molecule has 1 aliphatic heterocycles. The number of aryl methyl sites for hydroxylation is 1. The van der Waals surface area contributed by atoms with Crippen LogP contribution in [-0.2, 0) is 24.4 Å². The number of hydrogen-bond acceptors (Lipinski definition) is 5. The van der Waals surface area contributed by atoms with Gasteiger partial charge in [-0.2, -0.15) is 5.10 Å². The van der Waals surface area contributed by atoms with Crippen LogP contribution >= 0.6 is 0 Å². The maximum atomic E-state index is 13.2. The minimum atomic E-state index is -0.744. The van der Waals surface area contributed by atoms with Crippen LogP contribution in [0.1, 0.15) is 52.4 Å². The van der Waals surface area contributed by atoms with Crippen molar-refractivity contribution in [3.8, 4) is 0 Å². The van der Waals surface area contributed by atoms with Crippen LogP contribution in [0.15, 0.2) is 60.9 Å². The van der Waals surface area contributed by atoms with E-state index < -0.39 is 11.9 Å². The van der Waals surface area contributed by atoms with Crippen LogP contribution in [0.4, 0.5) is 0 Å². The fraction of sp³-hybridized carbons (Fsp3) is 0.346. The topological polar surface area (TPSA) is 109 Å². The van der Waals surface area contributed by atoms with Crippen molar-refractivity contribution < 1.29 is 14.4 Å². The van der Waals surface area contributed by atoms with Gasteiger partial charge >= 0.3 is 0 Å². The minimum absolute atomic E-state index is 0.126. The Hall–Kier alpha value is -4.01. The Kier molecular flexibility index (Phi) is 7.54. The van der Waals surface area contributed by atoms with Gasteiger partial charge in [0.25, 0.3) is 11.8 Å². The van der Waals surface area contributed by atoms with E-state index in [1.165, 1.54) is 6.07 Å². The van der Waals surface area contributed by atoms with Crippen LogP contribution in [0.5, 0.6) is 0 Å². The monoisotopic (exact) mass is 474 g/mol. The summed E-state index contributed by atoms with van der Waals surface area (Å²) in [5.74, 6) is -1.07. The van der Waals surface area contributed by atoms with Gasteiger partial charge in [0.15, 0.2) is 5.69 Å². The summed E-state index contributed by atoms with van der Waals surface area (Å²) in [4.78, 5) is 44.8. The van der Waals surface area contributed by atoms with Crippen LogP contribution in [0.25, 0.3) is 0 Å². The van der Waals surface area contributed by atoms with Gasteiger partial charge in [0.05, 0.1) is 0 Å². The second-order valence-electron chi connectivity index (χ2n) is 8.98. The number of nitrogens with zero attached hydrogens (tertiary/aromatic N) is 4. The van der Waals surface area contributed by atoms with Gasteiger partial charge < -0.3 is 15.5 Å². The van der Waals surface area contributed by atoms with E-state index in [1.807, 2.05) is 50.2 Å². The number of rotatable bonds is 8. The Morgan fingerprint density at radius 1 is 1.06 bits per heavy atom. The molecule has 0 spiro atoms. The molecule has 9 heteroatoms. The zero-order valence-corrected chi connectivity index (χ0v) is 20.0. The van der Waals surface area contributed by atoms with E-state index in [2.05, 4.69) is 20.7 Å². The molecule has 0 bridgehead atoms. The zero-order valence-electron chi connectivity index (χ0n) is 20.0. The number of aromatic nitrogens is 3. The van der Waals surface area contributed by atoms with Crippen molar-refractivity contribution in [1.29, 1.82) is 0 Å². The van der Waals surface area contributed by atoms with Crippen molar-refractivity contribution in [3.63, 3.8) is 0 Å². The van der Waals surface area contributed by atoms with Crippen LogP contribution in [0.2, 0.25) is 0 Å². The average Bonchev–Trinajstić information content (AvgIpc) is 3.24. The molecule has 0 saturated carbocycles. The first kappa shape index (κ1) is 24.1. The Labute approximate surface area is 204 Å². The molecule has 182 valence electrons. The van der Waals surface area contributed by atoms with Crippen LogP contribution in [0.3, 0.4) is 0 Å². The smallest absolute Gasteiger partial charge is 0.272 e. The van der Waals surface area contributed by atoms with Gasteiger partial charge in [-0.15, -0.1) is 0 Å². The van der Waals surface area contributed by atoms with Crippen LogP contribution in [0, 0.1) is 5.92 Å². The molecule has 0 radical (unpaired) electrons. The van der Waals surface area contributed by atoms with Gasteiger partial charge in [-0.3, -0.25) is 24.0 Å². The molecule has 35 heavy (non-hydrogen) atoms. The first-order valence-electron chi connectivity index (χ1n) is 11.8. The second-order valence-corrected chi connectivity index (χ2v) is 8.98. The normalized spacial score (nSPS) is 14.3. The highest BCUT2D eigenvalue weighted by atomic mass is 16.2. The summed E-state index contributed by atoms with van der Waals surface area (Å²) >= 11 is 0. The number of pyridine rings is 1. The third-order valence-corrected chi connectivity index (χ3v) is 5.96. The van der Waals surface area contributed by atoms with E-state index in [0.29, 0.717) is 31.9 Å². The van der Waals surface area contributed by atoms with Crippen LogP contribution in [-0.4, -0.2) is 50.0 Å². The molecule has 9 nitrogen and oxygen atoms in total. The lowest BCUT2D eigenvalue weighted by Gasteiger charge is -2.21. The molecule has 2 aromatic heterocycles. The standard InChI is InChI=1S/C26H30N6O3/c1-18(2)23(25(34)28-16-20-10-6-11-27-15-20)29-24(33)21-14-22-26(35)31(12-7-13-32(22)30-21)17-19-8-4-3-5-9-19/h3-6,8-11,14-15,18,23H,7,12-13,16-17H2,1-2H3,(H,28,34)(H,29,33). The van der Waals surface area contributed by atoms with E-state index in [1.54, 1.807) is 28.0 Å². The molecule has 1 unspecified atom stereocenters. The summed E-state index contributed by atoms with van der Waals surface area (Å²) in [5.41, 5.74) is 2.42. The summed E-state index contributed by atoms with van der Waals surface area (Å²) < 4.78 is 1.59. The van der Waals surface area contributed by atoms with E-state index >= 15 is 0 Å². The quantitative estimate of drug-likeness (QED) is 0.521. The number of benzene rings is 1. The summed E-state index contributed by atoms with van der Waals surface area (Å²) in [5, 5.41) is 10.0. The predicted octanol–water partition coefficient (Wildman–Crippen LogP) is 2.39. The molecule has 0 saturated heterocycles. The lowest BCUT2D eigenvalue weighted by atomic mass is 10.0. The summed E-state index contributed by atoms with van der Waals surface area (Å²) in [6, 6.07) is 14.2. The maximum Gasteiger partial charge on any atom is 0.272 e. The van der Waals surface area contributed by atoms with Crippen molar-refractivity contribution in [1.82, 2.24) is 30.3 Å². The number of carbonyl (C=O) groups is 3. The molecule has 3 heterocycles. The molecular formula is C26H30N6O3. The largest absolute Gasteiger partial charge is 0.350 e. The van der Waals surface area contributed by atoms with Crippen molar-refractivity contribution in [2.75, 3.05) is 6.54 Å². The average molecular weight is 475 g/mol. The highest BCUT2D eigenvalue weighted by molar-refractivity contribution is 5.99. The molecule has 1 aromatic carbocycles. The van der Waals surface area contributed by atoms with Crippen molar-refractivity contribution in [2.45, 2.75) is 45.9 Å². The molecule has 0 fully saturated rings. The Balaban J connectivity index is 1.44. The first-order chi connectivity index (χ1) is 16.9. The fourth-order valence-corrected chi connectivity index (χ4v) is 4.05. The SMILES string of the molecule is CC(C)C(NC(=O)c1cc2n(n1)CCCN(Cc1ccccc1)C2=O)C(=O)NCc1cccnc1. The van der Waals surface area contributed by atoms with E-state index in [4.69, 9.17) is 0 Å². The van der Waals surface area contributed by atoms with Crippen molar-refractivity contribution in [2.24, 2.45) is 5.92 Å². The fourth-order valence-electron chi connectivity index (χ4n) is 4.05. The minimum Gasteiger partial charge on any atom is -0.350 e. The van der Waals surface area contributed by atoms with Gasteiger partial charge in [-0.1, -0.05) is 50.2 Å². The van der Waals surface area contributed by atoms with E-state index in [0.717, 1.165) is 17.5 Å². The van der Waals surface area contributed by atoms with Crippen molar-refractivity contribution in [3.05, 3.63) is 83.4 Å². The van der Waals surface area contributed by atoms with Gasteiger partial charge in [0, 0.05) is 44.6 Å². The summed E-state index contributed by atoms with van der Waals surface area (Å²) in [7, 11) is 0. The molecular weight excluding hydrogens is 444 g/mol. The number of fused-ring (bicyclic) bond motifs is 1. The molecule has 4 rings (SSSR count). The second kappa shape index (κ2) is 10.9.